The highest BCUT2D eigenvalue weighted by Crippen LogP contribution is 2.29. The van der Waals surface area contributed by atoms with Crippen molar-refractivity contribution in [2.75, 3.05) is 13.1 Å². The van der Waals surface area contributed by atoms with E-state index in [4.69, 9.17) is 9.73 Å². The van der Waals surface area contributed by atoms with Gasteiger partial charge < -0.3 is 9.64 Å². The van der Waals surface area contributed by atoms with Crippen molar-refractivity contribution < 1.29 is 9.53 Å². The van der Waals surface area contributed by atoms with Crippen molar-refractivity contribution in [3.63, 3.8) is 0 Å². The van der Waals surface area contributed by atoms with E-state index in [1.165, 1.54) is 0 Å². The molecule has 0 N–H and O–H groups in total. The second-order valence-electron chi connectivity index (χ2n) is 8.72. The van der Waals surface area contributed by atoms with Crippen molar-refractivity contribution in [1.29, 1.82) is 0 Å². The van der Waals surface area contributed by atoms with E-state index in [1.54, 1.807) is 4.90 Å². The van der Waals surface area contributed by atoms with E-state index in [1.807, 2.05) is 69.4 Å². The number of carbonyl (C=O) groups excluding carboxylic acids is 1. The van der Waals surface area contributed by atoms with Gasteiger partial charge in [0, 0.05) is 36.3 Å². The van der Waals surface area contributed by atoms with Crippen LogP contribution in [-0.4, -0.2) is 40.4 Å². The first-order chi connectivity index (χ1) is 14.9. The van der Waals surface area contributed by atoms with E-state index in [0.29, 0.717) is 18.9 Å². The molecule has 0 aliphatic carbocycles. The third kappa shape index (κ3) is 5.18. The zero-order valence-electron chi connectivity index (χ0n) is 18.2. The van der Waals surface area contributed by atoms with Gasteiger partial charge in [-0.05, 0) is 32.4 Å². The molecule has 3 aromatic rings. The number of hydrogen-bond donors (Lipinski definition) is 0. The largest absolute Gasteiger partial charge is 0.444 e. The number of pyridine rings is 1. The monoisotopic (exact) mass is 413 g/mol. The zero-order valence-corrected chi connectivity index (χ0v) is 18.2. The summed E-state index contributed by atoms with van der Waals surface area (Å²) in [5.41, 5.74) is 3.62. The first-order valence-electron chi connectivity index (χ1n) is 10.5. The van der Waals surface area contributed by atoms with Crippen LogP contribution >= 0.6 is 0 Å². The first-order valence-corrected chi connectivity index (χ1v) is 10.5. The topological polar surface area (TPSA) is 54.8 Å². The zero-order chi connectivity index (χ0) is 21.8. The summed E-state index contributed by atoms with van der Waals surface area (Å²) < 4.78 is 5.43. The van der Waals surface area contributed by atoms with E-state index >= 15 is 0 Å². The van der Waals surface area contributed by atoms with Gasteiger partial charge in [-0.1, -0.05) is 66.7 Å². The number of benzene rings is 2. The van der Waals surface area contributed by atoms with Gasteiger partial charge in [0.2, 0.25) is 0 Å². The van der Waals surface area contributed by atoms with E-state index in [9.17, 15) is 4.79 Å². The van der Waals surface area contributed by atoms with Crippen LogP contribution in [0.5, 0.6) is 0 Å². The van der Waals surface area contributed by atoms with Crippen LogP contribution in [0.15, 0.2) is 84.0 Å². The smallest absolute Gasteiger partial charge is 0.410 e. The molecule has 2 aromatic carbocycles. The van der Waals surface area contributed by atoms with Gasteiger partial charge in [0.25, 0.3) is 0 Å². The number of aliphatic imine (C=N–C) groups is 1. The normalized spacial score (nSPS) is 14.0. The third-order valence-corrected chi connectivity index (χ3v) is 5.10. The van der Waals surface area contributed by atoms with Gasteiger partial charge in [-0.25, -0.2) is 14.8 Å². The minimum Gasteiger partial charge on any atom is -0.444 e. The average Bonchev–Trinajstić information content (AvgIpc) is 2.72. The van der Waals surface area contributed by atoms with Gasteiger partial charge in [0.15, 0.2) is 5.82 Å². The number of likely N-dealkylation sites (tertiary alicyclic amines) is 1. The Morgan fingerprint density at radius 1 is 0.935 bits per heavy atom. The predicted molar refractivity (Wildman–Crippen MR) is 123 cm³/mol. The fraction of sp³-hybridized carbons (Fsp3) is 0.269. The summed E-state index contributed by atoms with van der Waals surface area (Å²) in [5, 5.41) is 0. The van der Waals surface area contributed by atoms with Crippen LogP contribution in [0.2, 0.25) is 0 Å². The van der Waals surface area contributed by atoms with Crippen LogP contribution in [0.4, 0.5) is 10.6 Å². The number of amides is 1. The van der Waals surface area contributed by atoms with Gasteiger partial charge >= 0.3 is 6.09 Å². The molecule has 0 bridgehead atoms. The highest BCUT2D eigenvalue weighted by molar-refractivity contribution is 6.13. The Hall–Kier alpha value is -3.47. The van der Waals surface area contributed by atoms with Crippen molar-refractivity contribution in [2.45, 2.75) is 32.3 Å². The van der Waals surface area contributed by atoms with Crippen LogP contribution in [0.1, 0.15) is 43.4 Å². The fourth-order valence-corrected chi connectivity index (χ4v) is 3.47. The van der Waals surface area contributed by atoms with Crippen molar-refractivity contribution in [1.82, 2.24) is 9.88 Å². The SMILES string of the molecule is CC(C)(C)OC(=O)N1CC(c2ccc(N=C(c3ccccc3)c3ccccc3)nc2)C1. The third-order valence-electron chi connectivity index (χ3n) is 5.10. The van der Waals surface area contributed by atoms with E-state index in [2.05, 4.69) is 35.3 Å². The summed E-state index contributed by atoms with van der Waals surface area (Å²) in [6.07, 6.45) is 1.61. The lowest BCUT2D eigenvalue weighted by Crippen LogP contribution is -2.50. The molecule has 0 radical (unpaired) electrons. The lowest BCUT2D eigenvalue weighted by atomic mass is 9.93. The molecule has 4 rings (SSSR count). The molecular weight excluding hydrogens is 386 g/mol. The second-order valence-corrected chi connectivity index (χ2v) is 8.72. The molecule has 1 aliphatic rings. The van der Waals surface area contributed by atoms with Crippen LogP contribution < -0.4 is 0 Å². The molecule has 0 unspecified atom stereocenters. The van der Waals surface area contributed by atoms with Gasteiger partial charge in [-0.3, -0.25) is 0 Å². The van der Waals surface area contributed by atoms with Gasteiger partial charge in [0.05, 0.1) is 5.71 Å². The summed E-state index contributed by atoms with van der Waals surface area (Å²) in [4.78, 5) is 23.3. The Kier molecular flexibility index (Phi) is 5.85. The van der Waals surface area contributed by atoms with Gasteiger partial charge in [-0.15, -0.1) is 0 Å². The number of aromatic nitrogens is 1. The molecule has 1 saturated heterocycles. The lowest BCUT2D eigenvalue weighted by Gasteiger charge is -2.39. The Morgan fingerprint density at radius 3 is 2.00 bits per heavy atom. The highest BCUT2D eigenvalue weighted by Gasteiger charge is 2.34. The molecule has 1 fully saturated rings. The van der Waals surface area contributed by atoms with Gasteiger partial charge in [0.1, 0.15) is 5.60 Å². The van der Waals surface area contributed by atoms with Crippen molar-refractivity contribution in [2.24, 2.45) is 4.99 Å². The minimum absolute atomic E-state index is 0.256. The molecule has 1 aromatic heterocycles. The Labute approximate surface area is 183 Å². The molecule has 1 aliphatic heterocycles. The highest BCUT2D eigenvalue weighted by atomic mass is 16.6. The summed E-state index contributed by atoms with van der Waals surface area (Å²) in [5.74, 6) is 0.940. The average molecular weight is 414 g/mol. The maximum absolute atomic E-state index is 12.1. The quantitative estimate of drug-likeness (QED) is 0.524. The van der Waals surface area contributed by atoms with Crippen LogP contribution in [0.25, 0.3) is 0 Å². The van der Waals surface area contributed by atoms with Crippen LogP contribution in [0, 0.1) is 0 Å². The Balaban J connectivity index is 1.49. The summed E-state index contributed by atoms with van der Waals surface area (Å²) in [6, 6.07) is 24.3. The molecule has 5 heteroatoms. The standard InChI is InChI=1S/C26H27N3O2/c1-26(2,3)31-25(30)29-17-22(18-29)21-14-15-23(27-16-21)28-24(19-10-6-4-7-11-19)20-12-8-5-9-13-20/h4-16,22H,17-18H2,1-3H3. The van der Waals surface area contributed by atoms with Crippen molar-refractivity contribution in [3.05, 3.63) is 95.7 Å². The van der Waals surface area contributed by atoms with E-state index in [0.717, 1.165) is 22.4 Å². The fourth-order valence-electron chi connectivity index (χ4n) is 3.47. The summed E-state index contributed by atoms with van der Waals surface area (Å²) in [6.45, 7) is 6.94. The van der Waals surface area contributed by atoms with Gasteiger partial charge in [-0.2, -0.15) is 0 Å². The molecule has 2 heterocycles. The lowest BCUT2D eigenvalue weighted by molar-refractivity contribution is 0.00817. The predicted octanol–water partition coefficient (Wildman–Crippen LogP) is 5.59. The van der Waals surface area contributed by atoms with E-state index < -0.39 is 5.60 Å². The first kappa shape index (κ1) is 20.8. The number of rotatable bonds is 4. The number of hydrogen-bond acceptors (Lipinski definition) is 4. The molecule has 158 valence electrons. The Morgan fingerprint density at radius 2 is 1.52 bits per heavy atom. The van der Waals surface area contributed by atoms with Crippen LogP contribution in [0.3, 0.4) is 0 Å². The maximum Gasteiger partial charge on any atom is 0.410 e. The molecule has 0 atom stereocenters. The molecule has 5 nitrogen and oxygen atoms in total. The molecule has 1 amide bonds. The number of carbonyl (C=O) groups is 1. The molecular formula is C26H27N3O2. The number of nitrogens with zero attached hydrogens (tertiary/aromatic N) is 3. The maximum atomic E-state index is 12.1. The molecule has 31 heavy (non-hydrogen) atoms. The number of ether oxygens (including phenoxy) is 1. The van der Waals surface area contributed by atoms with Crippen LogP contribution in [-0.2, 0) is 4.74 Å². The molecule has 0 saturated carbocycles. The molecule has 0 spiro atoms. The van der Waals surface area contributed by atoms with Crippen molar-refractivity contribution >= 4 is 17.6 Å². The minimum atomic E-state index is -0.474. The van der Waals surface area contributed by atoms with Crippen molar-refractivity contribution in [3.8, 4) is 0 Å². The second kappa shape index (κ2) is 8.72. The Bertz CT molecular complexity index is 1010. The summed E-state index contributed by atoms with van der Waals surface area (Å²) in [7, 11) is 0. The summed E-state index contributed by atoms with van der Waals surface area (Å²) >= 11 is 0. The van der Waals surface area contributed by atoms with E-state index in [-0.39, 0.29) is 12.0 Å².